The van der Waals surface area contributed by atoms with Gasteiger partial charge in [-0.25, -0.2) is 4.85 Å². The fourth-order valence-electron chi connectivity index (χ4n) is 9.23. The van der Waals surface area contributed by atoms with E-state index >= 15 is 0 Å². The Morgan fingerprint density at radius 1 is 0.446 bits per heavy atom. The average Bonchev–Trinajstić information content (AvgIpc) is 3.99. The van der Waals surface area contributed by atoms with Crippen molar-refractivity contribution in [3.05, 3.63) is 181 Å². The maximum Gasteiger partial charge on any atom is 0.214 e. The van der Waals surface area contributed by atoms with Gasteiger partial charge in [-0.3, -0.25) is 0 Å². The molecule has 4 aromatic heterocycles. The van der Waals surface area contributed by atoms with Gasteiger partial charge < -0.3 is 18.1 Å². The zero-order valence-electron chi connectivity index (χ0n) is 29.7. The summed E-state index contributed by atoms with van der Waals surface area (Å²) in [5, 5.41) is 19.3. The molecule has 0 unspecified atom stereocenters. The van der Waals surface area contributed by atoms with E-state index in [2.05, 4.69) is 140 Å². The third kappa shape index (κ3) is 3.92. The summed E-state index contributed by atoms with van der Waals surface area (Å²) in [5.74, 6) is 0. The summed E-state index contributed by atoms with van der Waals surface area (Å²) < 4.78 is 13.6. The number of hydrogen-bond acceptors (Lipinski definition) is 2. The van der Waals surface area contributed by atoms with Gasteiger partial charge in [-0.15, -0.1) is 0 Å². The summed E-state index contributed by atoms with van der Waals surface area (Å²) in [7, 11) is 0. The van der Waals surface area contributed by atoms with E-state index in [1.807, 2.05) is 48.5 Å². The van der Waals surface area contributed by atoms with Crippen LogP contribution in [0.1, 0.15) is 5.56 Å². The number of aromatic nitrogens is 3. The Morgan fingerprint density at radius 2 is 0.911 bits per heavy atom. The zero-order valence-corrected chi connectivity index (χ0v) is 29.7. The Morgan fingerprint density at radius 3 is 1.43 bits per heavy atom. The van der Waals surface area contributed by atoms with Crippen LogP contribution in [0.25, 0.3) is 109 Å². The Balaban J connectivity index is 1.15. The first-order chi connectivity index (χ1) is 27.7. The van der Waals surface area contributed by atoms with Crippen LogP contribution in [-0.2, 0) is 0 Å². The molecule has 8 aromatic carbocycles. The van der Waals surface area contributed by atoms with Crippen molar-refractivity contribution in [3.8, 4) is 23.1 Å². The predicted molar refractivity (Wildman–Crippen MR) is 228 cm³/mol. The predicted octanol–water partition coefficient (Wildman–Crippen LogP) is 13.3. The maximum atomic E-state index is 10.8. The first-order valence-corrected chi connectivity index (χ1v) is 18.5. The molecule has 0 aliphatic heterocycles. The highest BCUT2D eigenvalue weighted by Crippen LogP contribution is 2.46. The summed E-state index contributed by atoms with van der Waals surface area (Å²) in [4.78, 5) is 4.08. The molecule has 6 heteroatoms. The third-order valence-electron chi connectivity index (χ3n) is 11.5. The summed E-state index contributed by atoms with van der Waals surface area (Å²) in [6.07, 6.45) is 0. The molecule has 0 amide bonds. The normalized spacial score (nSPS) is 11.9. The van der Waals surface area contributed by atoms with Crippen LogP contribution in [0, 0.1) is 17.9 Å². The van der Waals surface area contributed by atoms with E-state index in [9.17, 15) is 5.26 Å². The van der Waals surface area contributed by atoms with E-state index in [1.54, 1.807) is 0 Å². The molecule has 0 radical (unpaired) electrons. The van der Waals surface area contributed by atoms with Crippen molar-refractivity contribution >= 4 is 93.0 Å². The molecule has 0 atom stereocenters. The number of para-hydroxylation sites is 5. The molecule has 0 saturated heterocycles. The fourth-order valence-corrected chi connectivity index (χ4v) is 9.23. The van der Waals surface area contributed by atoms with Crippen molar-refractivity contribution in [1.29, 1.82) is 5.26 Å². The molecule has 0 fully saturated rings. The number of fused-ring (bicyclic) bond motifs is 14. The summed E-state index contributed by atoms with van der Waals surface area (Å²) in [6, 6.07) is 58.6. The van der Waals surface area contributed by atoms with E-state index in [0.717, 1.165) is 98.7 Å². The van der Waals surface area contributed by atoms with Gasteiger partial charge in [-0.1, -0.05) is 91.0 Å². The number of furan rings is 1. The lowest BCUT2D eigenvalue weighted by Crippen LogP contribution is -2.01. The Labute approximate surface area is 319 Å². The Bertz CT molecular complexity index is 3640. The van der Waals surface area contributed by atoms with E-state index in [1.165, 1.54) is 0 Å². The van der Waals surface area contributed by atoms with Gasteiger partial charge in [0.2, 0.25) is 5.69 Å². The minimum Gasteiger partial charge on any atom is -0.455 e. The van der Waals surface area contributed by atoms with Crippen molar-refractivity contribution in [2.45, 2.75) is 0 Å². The van der Waals surface area contributed by atoms with E-state index < -0.39 is 0 Å². The van der Waals surface area contributed by atoms with E-state index in [4.69, 9.17) is 11.0 Å². The molecule has 56 heavy (non-hydrogen) atoms. The van der Waals surface area contributed by atoms with Gasteiger partial charge in [0.05, 0.1) is 61.7 Å². The monoisotopic (exact) mass is 713 g/mol. The van der Waals surface area contributed by atoms with Crippen LogP contribution >= 0.6 is 0 Å². The molecule has 0 aliphatic rings. The van der Waals surface area contributed by atoms with Crippen molar-refractivity contribution < 1.29 is 4.42 Å². The van der Waals surface area contributed by atoms with Gasteiger partial charge in [0.25, 0.3) is 0 Å². The minimum atomic E-state index is 0.401. The fraction of sp³-hybridized carbons (Fsp3) is 0. The van der Waals surface area contributed by atoms with Gasteiger partial charge in [-0.05, 0) is 72.8 Å². The number of rotatable bonds is 3. The van der Waals surface area contributed by atoms with Crippen LogP contribution in [0.4, 0.5) is 5.69 Å². The van der Waals surface area contributed by atoms with E-state index in [-0.39, 0.29) is 0 Å². The average molecular weight is 714 g/mol. The number of nitriles is 1. The topological polar surface area (TPSA) is 56.1 Å². The van der Waals surface area contributed by atoms with Crippen molar-refractivity contribution in [2.24, 2.45) is 0 Å². The maximum absolute atomic E-state index is 10.8. The molecule has 6 nitrogen and oxygen atoms in total. The zero-order chi connectivity index (χ0) is 37.1. The first-order valence-electron chi connectivity index (χ1n) is 18.5. The summed E-state index contributed by atoms with van der Waals surface area (Å²) in [5.41, 5.74) is 10.9. The number of nitrogens with zero attached hydrogens (tertiary/aromatic N) is 5. The third-order valence-corrected chi connectivity index (χ3v) is 11.5. The molecular formula is C50H27N5O. The van der Waals surface area contributed by atoms with Crippen LogP contribution in [0.3, 0.4) is 0 Å². The minimum absolute atomic E-state index is 0.401. The van der Waals surface area contributed by atoms with Crippen molar-refractivity contribution in [1.82, 2.24) is 13.7 Å². The summed E-state index contributed by atoms with van der Waals surface area (Å²) in [6.45, 7) is 8.45. The van der Waals surface area contributed by atoms with Gasteiger partial charge in [0.1, 0.15) is 17.2 Å². The molecule has 258 valence electrons. The quantitative estimate of drug-likeness (QED) is 0.171. The largest absolute Gasteiger partial charge is 0.455 e. The molecule has 0 bridgehead atoms. The van der Waals surface area contributed by atoms with Crippen molar-refractivity contribution in [3.63, 3.8) is 0 Å². The molecule has 0 saturated carbocycles. The SMILES string of the molecule is [C-]#[N+]c1cc(-n2c3ccccc3c3c4oc5c(ccc6c5c5ccccc5n6-c5ccccc5)c4ccc32)cc(C#N)c1-n1c2ccccc2c2ccccc21. The van der Waals surface area contributed by atoms with Crippen LogP contribution in [0.15, 0.2) is 168 Å². The lowest BCUT2D eigenvalue weighted by molar-refractivity contribution is 0.677. The second-order valence-electron chi connectivity index (χ2n) is 14.3. The van der Waals surface area contributed by atoms with Gasteiger partial charge in [0.15, 0.2) is 0 Å². The second-order valence-corrected chi connectivity index (χ2v) is 14.3. The Kier molecular flexibility index (Phi) is 6.10. The Hall–Kier alpha value is -8.06. The molecule has 0 aliphatic carbocycles. The van der Waals surface area contributed by atoms with Crippen LogP contribution in [-0.4, -0.2) is 13.7 Å². The van der Waals surface area contributed by atoms with Gasteiger partial charge in [0, 0.05) is 43.7 Å². The highest BCUT2D eigenvalue weighted by Gasteiger charge is 2.24. The van der Waals surface area contributed by atoms with Crippen LogP contribution in [0.2, 0.25) is 0 Å². The molecule has 12 rings (SSSR count). The molecule has 0 N–H and O–H groups in total. The first kappa shape index (κ1) is 30.4. The summed E-state index contributed by atoms with van der Waals surface area (Å²) >= 11 is 0. The molecule has 0 spiro atoms. The van der Waals surface area contributed by atoms with Crippen molar-refractivity contribution in [2.75, 3.05) is 0 Å². The van der Waals surface area contributed by atoms with Gasteiger partial charge in [-0.2, -0.15) is 5.26 Å². The van der Waals surface area contributed by atoms with Crippen LogP contribution in [0.5, 0.6) is 0 Å². The molecular weight excluding hydrogens is 687 g/mol. The lowest BCUT2D eigenvalue weighted by atomic mass is 10.1. The van der Waals surface area contributed by atoms with Crippen LogP contribution < -0.4 is 0 Å². The van der Waals surface area contributed by atoms with Gasteiger partial charge >= 0.3 is 0 Å². The number of hydrogen-bond donors (Lipinski definition) is 0. The number of benzene rings is 8. The van der Waals surface area contributed by atoms with E-state index in [0.29, 0.717) is 16.9 Å². The molecule has 12 aromatic rings. The highest BCUT2D eigenvalue weighted by molar-refractivity contribution is 6.29. The smallest absolute Gasteiger partial charge is 0.214 e. The second kappa shape index (κ2) is 11.2. The standard InChI is InChI=1S/C50H27N5O/c1-52-39-28-32(27-30(29-51)48(39)55-40-19-9-5-15-33(40)34-16-6-10-20-41(34)55)54-43-22-12-8-18-38(43)47-45(54)26-24-36-35-23-25-44-46(49(35)56-50(36)47)37-17-7-11-21-42(37)53(44)31-13-3-2-4-14-31/h2-28H. The molecule has 4 heterocycles. The lowest BCUT2D eigenvalue weighted by Gasteiger charge is -2.16. The highest BCUT2D eigenvalue weighted by atomic mass is 16.3.